The van der Waals surface area contributed by atoms with Gasteiger partial charge in [0.15, 0.2) is 0 Å². The first-order chi connectivity index (χ1) is 11.8. The van der Waals surface area contributed by atoms with Crippen molar-refractivity contribution < 1.29 is 0 Å². The Hall–Kier alpha value is -1.56. The van der Waals surface area contributed by atoms with Gasteiger partial charge in [-0.2, -0.15) is 0 Å². The largest absolute Gasteiger partial charge is 0.0654 e. The molecule has 3 rings (SSSR count). The van der Waals surface area contributed by atoms with Gasteiger partial charge in [-0.1, -0.05) is 62.7 Å². The third kappa shape index (κ3) is 4.50. The summed E-state index contributed by atoms with van der Waals surface area (Å²) in [6.07, 6.45) is 11.5. The van der Waals surface area contributed by atoms with E-state index in [0.717, 1.165) is 12.3 Å². The second-order valence-electron chi connectivity index (χ2n) is 7.52. The lowest BCUT2D eigenvalue weighted by Crippen LogP contribution is -2.15. The summed E-state index contributed by atoms with van der Waals surface area (Å²) in [4.78, 5) is 0. The lowest BCUT2D eigenvalue weighted by atomic mass is 9.80. The number of fused-ring (bicyclic) bond motifs is 1. The van der Waals surface area contributed by atoms with Gasteiger partial charge < -0.3 is 0 Å². The van der Waals surface area contributed by atoms with Crippen LogP contribution in [0.15, 0.2) is 42.5 Å². The summed E-state index contributed by atoms with van der Waals surface area (Å²) in [5.74, 6) is 0.866. The van der Waals surface area contributed by atoms with Gasteiger partial charge in [-0.3, -0.25) is 0 Å². The maximum atomic E-state index is 2.49. The van der Waals surface area contributed by atoms with Crippen molar-refractivity contribution >= 4 is 0 Å². The molecule has 0 aliphatic heterocycles. The lowest BCUT2D eigenvalue weighted by molar-refractivity contribution is 0.427. The van der Waals surface area contributed by atoms with E-state index < -0.39 is 0 Å². The minimum absolute atomic E-state index is 0.866. The van der Waals surface area contributed by atoms with E-state index in [0.29, 0.717) is 0 Å². The van der Waals surface area contributed by atoms with Crippen molar-refractivity contribution in [2.45, 2.75) is 71.6 Å². The van der Waals surface area contributed by atoms with Crippen molar-refractivity contribution in [1.82, 2.24) is 0 Å². The normalized spacial score (nSPS) is 16.8. The molecule has 0 saturated carbocycles. The molecule has 128 valence electrons. The third-order valence-corrected chi connectivity index (χ3v) is 5.69. The SMILES string of the molecule is CCCCc1ccc2c(c1)CCC(CCc1ccc(CC)cc1)C2. The van der Waals surface area contributed by atoms with Crippen molar-refractivity contribution in [3.8, 4) is 0 Å². The molecule has 0 fully saturated rings. The van der Waals surface area contributed by atoms with Crippen LogP contribution in [0.2, 0.25) is 0 Å². The van der Waals surface area contributed by atoms with Crippen molar-refractivity contribution in [2.24, 2.45) is 5.92 Å². The Morgan fingerprint density at radius 3 is 2.33 bits per heavy atom. The molecule has 24 heavy (non-hydrogen) atoms. The third-order valence-electron chi connectivity index (χ3n) is 5.69. The van der Waals surface area contributed by atoms with Crippen LogP contribution in [0, 0.1) is 5.92 Å². The zero-order chi connectivity index (χ0) is 16.8. The smallest absolute Gasteiger partial charge is 0.0247 e. The molecular weight excluding hydrogens is 288 g/mol. The van der Waals surface area contributed by atoms with Crippen molar-refractivity contribution in [2.75, 3.05) is 0 Å². The van der Waals surface area contributed by atoms with Crippen LogP contribution in [0.25, 0.3) is 0 Å². The molecule has 1 aliphatic rings. The predicted molar refractivity (Wildman–Crippen MR) is 105 cm³/mol. The molecule has 0 heterocycles. The van der Waals surface area contributed by atoms with E-state index in [1.165, 1.54) is 62.5 Å². The van der Waals surface area contributed by atoms with Crippen LogP contribution in [0.5, 0.6) is 0 Å². The first kappa shape index (κ1) is 17.3. The van der Waals surface area contributed by atoms with Gasteiger partial charge in [0.25, 0.3) is 0 Å². The molecule has 0 amide bonds. The molecule has 1 unspecified atom stereocenters. The fourth-order valence-corrected chi connectivity index (χ4v) is 3.98. The molecule has 1 atom stereocenters. The number of hydrogen-bond donors (Lipinski definition) is 0. The molecule has 0 radical (unpaired) electrons. The van der Waals surface area contributed by atoms with E-state index in [-0.39, 0.29) is 0 Å². The van der Waals surface area contributed by atoms with E-state index in [1.54, 1.807) is 16.7 Å². The highest BCUT2D eigenvalue weighted by Crippen LogP contribution is 2.29. The Balaban J connectivity index is 1.54. The highest BCUT2D eigenvalue weighted by molar-refractivity contribution is 5.34. The fourth-order valence-electron chi connectivity index (χ4n) is 3.98. The maximum Gasteiger partial charge on any atom is -0.0247 e. The van der Waals surface area contributed by atoms with Crippen molar-refractivity contribution in [3.63, 3.8) is 0 Å². The molecule has 0 nitrogen and oxygen atoms in total. The van der Waals surface area contributed by atoms with Crippen molar-refractivity contribution in [1.29, 1.82) is 0 Å². The minimum atomic E-state index is 0.866. The Bertz CT molecular complexity index is 636. The topological polar surface area (TPSA) is 0 Å². The number of benzene rings is 2. The summed E-state index contributed by atoms with van der Waals surface area (Å²) >= 11 is 0. The monoisotopic (exact) mass is 320 g/mol. The van der Waals surface area contributed by atoms with Gasteiger partial charge in [0.2, 0.25) is 0 Å². The zero-order valence-corrected chi connectivity index (χ0v) is 15.5. The predicted octanol–water partition coefficient (Wildman–Crippen LogP) is 6.33. The Labute approximate surface area is 148 Å². The lowest BCUT2D eigenvalue weighted by Gasteiger charge is -2.25. The first-order valence-electron chi connectivity index (χ1n) is 9.97. The van der Waals surface area contributed by atoms with Gasteiger partial charge in [-0.15, -0.1) is 0 Å². The van der Waals surface area contributed by atoms with E-state index >= 15 is 0 Å². The average Bonchev–Trinajstić information content (AvgIpc) is 2.64. The van der Waals surface area contributed by atoms with Gasteiger partial charge >= 0.3 is 0 Å². The summed E-state index contributed by atoms with van der Waals surface area (Å²) in [5, 5.41) is 0. The second-order valence-corrected chi connectivity index (χ2v) is 7.52. The average molecular weight is 321 g/mol. The van der Waals surface area contributed by atoms with Crippen LogP contribution in [-0.2, 0) is 32.1 Å². The van der Waals surface area contributed by atoms with Crippen molar-refractivity contribution in [3.05, 3.63) is 70.3 Å². The highest BCUT2D eigenvalue weighted by Gasteiger charge is 2.18. The van der Waals surface area contributed by atoms with Gasteiger partial charge in [0, 0.05) is 0 Å². The van der Waals surface area contributed by atoms with E-state index in [9.17, 15) is 0 Å². The minimum Gasteiger partial charge on any atom is -0.0654 e. The first-order valence-corrected chi connectivity index (χ1v) is 9.97. The Morgan fingerprint density at radius 2 is 1.58 bits per heavy atom. The maximum absolute atomic E-state index is 2.49. The molecule has 0 saturated heterocycles. The molecule has 0 aromatic heterocycles. The molecular formula is C24H32. The Morgan fingerprint density at radius 1 is 0.833 bits per heavy atom. The van der Waals surface area contributed by atoms with Crippen LogP contribution in [0.4, 0.5) is 0 Å². The molecule has 2 aromatic rings. The number of aryl methyl sites for hydroxylation is 4. The molecule has 2 aromatic carbocycles. The van der Waals surface area contributed by atoms with Crippen LogP contribution in [-0.4, -0.2) is 0 Å². The molecule has 0 heteroatoms. The van der Waals surface area contributed by atoms with Crippen LogP contribution < -0.4 is 0 Å². The van der Waals surface area contributed by atoms with E-state index in [1.807, 2.05) is 0 Å². The molecule has 0 bridgehead atoms. The quantitative estimate of drug-likeness (QED) is 0.559. The molecule has 0 spiro atoms. The summed E-state index contributed by atoms with van der Waals surface area (Å²) < 4.78 is 0. The zero-order valence-electron chi connectivity index (χ0n) is 15.5. The van der Waals surface area contributed by atoms with Gasteiger partial charge in [0.05, 0.1) is 0 Å². The van der Waals surface area contributed by atoms with Crippen LogP contribution in [0.1, 0.15) is 67.3 Å². The standard InChI is InChI=1S/C24H32/c1-3-5-6-21-13-15-24-18-22(14-16-23(24)17-21)12-11-20-9-7-19(4-2)8-10-20/h7-10,13,15,17,22H,3-6,11-12,14,16,18H2,1-2H3. The number of hydrogen-bond acceptors (Lipinski definition) is 0. The van der Waals surface area contributed by atoms with Gasteiger partial charge in [0.1, 0.15) is 0 Å². The summed E-state index contributed by atoms with van der Waals surface area (Å²) in [7, 11) is 0. The summed E-state index contributed by atoms with van der Waals surface area (Å²) in [6.45, 7) is 4.50. The highest BCUT2D eigenvalue weighted by atomic mass is 14.2. The number of rotatable bonds is 7. The number of unbranched alkanes of at least 4 members (excludes halogenated alkanes) is 1. The van der Waals surface area contributed by atoms with E-state index in [4.69, 9.17) is 0 Å². The van der Waals surface area contributed by atoms with Crippen LogP contribution >= 0.6 is 0 Å². The molecule has 1 aliphatic carbocycles. The van der Waals surface area contributed by atoms with Crippen LogP contribution in [0.3, 0.4) is 0 Å². The second kappa shape index (κ2) is 8.51. The Kier molecular flexibility index (Phi) is 6.12. The van der Waals surface area contributed by atoms with Gasteiger partial charge in [-0.05, 0) is 85.1 Å². The van der Waals surface area contributed by atoms with E-state index in [2.05, 4.69) is 56.3 Å². The van der Waals surface area contributed by atoms with Gasteiger partial charge in [-0.25, -0.2) is 0 Å². The fraction of sp³-hybridized carbons (Fsp3) is 0.500. The summed E-state index contributed by atoms with van der Waals surface area (Å²) in [5.41, 5.74) is 7.75. The molecule has 0 N–H and O–H groups in total. The summed E-state index contributed by atoms with van der Waals surface area (Å²) in [6, 6.07) is 16.5.